The topological polar surface area (TPSA) is 52.7 Å². The fraction of sp³-hybridized carbons (Fsp3) is 0.368. The van der Waals surface area contributed by atoms with Gasteiger partial charge >= 0.3 is 6.18 Å². The predicted octanol–water partition coefficient (Wildman–Crippen LogP) is 4.41. The van der Waals surface area contributed by atoms with E-state index in [0.29, 0.717) is 16.1 Å². The van der Waals surface area contributed by atoms with Crippen molar-refractivity contribution in [2.24, 2.45) is 11.8 Å². The summed E-state index contributed by atoms with van der Waals surface area (Å²) < 4.78 is 53.9. The number of halogens is 6. The van der Waals surface area contributed by atoms with Crippen molar-refractivity contribution in [2.75, 3.05) is 33.0 Å². The van der Waals surface area contributed by atoms with Crippen molar-refractivity contribution in [1.82, 2.24) is 9.80 Å². The molecule has 2 atom stereocenters. The number of nitrogens with one attached hydrogen (secondary N) is 1. The van der Waals surface area contributed by atoms with Crippen molar-refractivity contribution in [3.8, 4) is 0 Å². The van der Waals surface area contributed by atoms with Crippen LogP contribution in [0.4, 0.5) is 23.2 Å². The monoisotopic (exact) mass is 511 g/mol. The summed E-state index contributed by atoms with van der Waals surface area (Å²) in [5.74, 6) is -5.29. The van der Waals surface area contributed by atoms with Gasteiger partial charge in [0.05, 0.1) is 5.69 Å². The summed E-state index contributed by atoms with van der Waals surface area (Å²) in [5.41, 5.74) is -2.01. The number of benzene rings is 1. The second-order valence-electron chi connectivity index (χ2n) is 6.96. The number of hydrogen-bond donors (Lipinski definition) is 1. The lowest BCUT2D eigenvalue weighted by Gasteiger charge is -2.24. The van der Waals surface area contributed by atoms with Crippen LogP contribution in [0.1, 0.15) is 5.56 Å². The number of carbonyl (C=O) groups is 2. The molecule has 0 spiro atoms. The molecular weight excluding hydrogens is 494 g/mol. The average molecular weight is 513 g/mol. The summed E-state index contributed by atoms with van der Waals surface area (Å²) in [4.78, 5) is 28.4. The molecule has 1 aliphatic heterocycles. The van der Waals surface area contributed by atoms with Gasteiger partial charge in [-0.05, 0) is 12.1 Å². The van der Waals surface area contributed by atoms with E-state index in [0.717, 1.165) is 12.1 Å². The zero-order valence-electron chi connectivity index (χ0n) is 16.3. The number of hydrogen-bond acceptors (Lipinski definition) is 3. The Labute approximate surface area is 184 Å². The molecule has 5 nitrogen and oxygen atoms in total. The molecule has 11 heteroatoms. The van der Waals surface area contributed by atoms with Crippen LogP contribution < -0.4 is 5.32 Å². The second kappa shape index (κ2) is 8.97. The Morgan fingerprint density at radius 1 is 1.37 bits per heavy atom. The predicted molar refractivity (Wildman–Crippen MR) is 109 cm³/mol. The van der Waals surface area contributed by atoms with Crippen molar-refractivity contribution in [2.45, 2.75) is 6.18 Å². The first-order valence-electron chi connectivity index (χ1n) is 8.60. The van der Waals surface area contributed by atoms with Crippen molar-refractivity contribution < 1.29 is 27.2 Å². The average Bonchev–Trinajstić information content (AvgIpc) is 2.88. The van der Waals surface area contributed by atoms with E-state index >= 15 is 0 Å². The summed E-state index contributed by atoms with van der Waals surface area (Å²) in [6, 6.07) is 2.60. The van der Waals surface area contributed by atoms with Gasteiger partial charge in [-0.2, -0.15) is 13.2 Å². The van der Waals surface area contributed by atoms with E-state index in [4.69, 9.17) is 11.6 Å². The summed E-state index contributed by atoms with van der Waals surface area (Å²) in [7, 11) is 4.76. The Morgan fingerprint density at radius 2 is 1.97 bits per heavy atom. The minimum absolute atomic E-state index is 0.0935. The third kappa shape index (κ3) is 4.80. The third-order valence-electron chi connectivity index (χ3n) is 4.63. The highest BCUT2D eigenvalue weighted by Gasteiger charge is 2.47. The van der Waals surface area contributed by atoms with Gasteiger partial charge in [-0.1, -0.05) is 40.2 Å². The van der Waals surface area contributed by atoms with E-state index in [1.807, 2.05) is 0 Å². The first kappa shape index (κ1) is 24.2. The molecule has 1 aliphatic rings. The van der Waals surface area contributed by atoms with Gasteiger partial charge in [0.15, 0.2) is 0 Å². The number of nitrogens with zero attached hydrogens (tertiary/aromatic N) is 2. The van der Waals surface area contributed by atoms with Crippen LogP contribution in [-0.4, -0.2) is 49.3 Å². The highest BCUT2D eigenvalue weighted by molar-refractivity contribution is 9.11. The molecule has 0 saturated carbocycles. The van der Waals surface area contributed by atoms with Crippen molar-refractivity contribution in [3.05, 3.63) is 51.4 Å². The maximum absolute atomic E-state index is 13.8. The van der Waals surface area contributed by atoms with E-state index in [1.54, 1.807) is 19.0 Å². The van der Waals surface area contributed by atoms with E-state index < -0.39 is 46.9 Å². The van der Waals surface area contributed by atoms with Crippen LogP contribution in [0.15, 0.2) is 40.0 Å². The molecule has 2 rings (SSSR count). The molecule has 1 N–H and O–H groups in total. The van der Waals surface area contributed by atoms with Crippen LogP contribution in [0.3, 0.4) is 0 Å². The molecular formula is C19H19BrClF4N3O2. The van der Waals surface area contributed by atoms with Gasteiger partial charge in [0.1, 0.15) is 22.5 Å². The molecule has 1 heterocycles. The van der Waals surface area contributed by atoms with Crippen molar-refractivity contribution >= 4 is 45.0 Å². The maximum atomic E-state index is 13.8. The Hall–Kier alpha value is -2.07. The SMILES string of the molecule is C=C(Br)/C(=C(/Cl)N(C)C)[C@H]1CN(C)C(=O)[C@@H]1C(=O)Nc1cccc(F)c1C(F)(F)F. The van der Waals surface area contributed by atoms with Crippen LogP contribution in [-0.2, 0) is 15.8 Å². The fourth-order valence-corrected chi connectivity index (χ4v) is 4.14. The highest BCUT2D eigenvalue weighted by Crippen LogP contribution is 2.40. The Morgan fingerprint density at radius 3 is 2.47 bits per heavy atom. The molecule has 0 aliphatic carbocycles. The van der Waals surface area contributed by atoms with E-state index in [9.17, 15) is 27.2 Å². The molecule has 0 bridgehead atoms. The third-order valence-corrected chi connectivity index (χ3v) is 5.60. The number of carbonyl (C=O) groups excluding carboxylic acids is 2. The minimum Gasteiger partial charge on any atom is -0.368 e. The number of alkyl halides is 3. The van der Waals surface area contributed by atoms with Gasteiger partial charge in [-0.25, -0.2) is 4.39 Å². The molecule has 2 amide bonds. The number of allylic oxidation sites excluding steroid dienone is 1. The van der Waals surface area contributed by atoms with E-state index in [-0.39, 0.29) is 11.7 Å². The van der Waals surface area contributed by atoms with Crippen molar-refractivity contribution in [3.63, 3.8) is 0 Å². The molecule has 30 heavy (non-hydrogen) atoms. The summed E-state index contributed by atoms with van der Waals surface area (Å²) >= 11 is 9.57. The molecule has 1 saturated heterocycles. The Kier molecular flexibility index (Phi) is 7.24. The second-order valence-corrected chi connectivity index (χ2v) is 8.27. The van der Waals surface area contributed by atoms with Gasteiger partial charge in [0, 0.05) is 43.7 Å². The Bertz CT molecular complexity index is 918. The minimum atomic E-state index is -5.03. The zero-order chi connectivity index (χ0) is 23.0. The smallest absolute Gasteiger partial charge is 0.368 e. The Balaban J connectivity index is 2.50. The van der Waals surface area contributed by atoms with Gasteiger partial charge in [-0.3, -0.25) is 9.59 Å². The zero-order valence-corrected chi connectivity index (χ0v) is 18.6. The van der Waals surface area contributed by atoms with Gasteiger partial charge in [0.2, 0.25) is 11.8 Å². The van der Waals surface area contributed by atoms with Gasteiger partial charge in [0.25, 0.3) is 0 Å². The molecule has 1 aromatic rings. The lowest BCUT2D eigenvalue weighted by molar-refractivity contribution is -0.139. The van der Waals surface area contributed by atoms with Crippen LogP contribution in [0.5, 0.6) is 0 Å². The van der Waals surface area contributed by atoms with E-state index in [1.165, 1.54) is 11.9 Å². The quantitative estimate of drug-likeness (QED) is 0.275. The van der Waals surface area contributed by atoms with Crippen LogP contribution in [0, 0.1) is 17.7 Å². The van der Waals surface area contributed by atoms with Gasteiger partial charge < -0.3 is 15.1 Å². The molecule has 0 unspecified atom stereocenters. The molecule has 1 fully saturated rings. The summed E-state index contributed by atoms with van der Waals surface area (Å²) in [6.45, 7) is 3.87. The van der Waals surface area contributed by atoms with Crippen LogP contribution >= 0.6 is 27.5 Å². The molecule has 0 radical (unpaired) electrons. The van der Waals surface area contributed by atoms with E-state index in [2.05, 4.69) is 27.8 Å². The summed E-state index contributed by atoms with van der Waals surface area (Å²) in [6.07, 6.45) is -5.03. The standard InChI is InChI=1S/C19H19BrClF4N3O2/c1-9(20)13(16(21)27(2)3)10-8-28(4)18(30)14(10)17(29)26-12-7-5-6-11(22)15(12)19(23,24)25/h5-7,10,14H,1,8H2,2-4H3,(H,26,29)/b16-13+/t10-,14+/m1/s1. The lowest BCUT2D eigenvalue weighted by atomic mass is 9.87. The number of likely N-dealkylation sites (tertiary alicyclic amines) is 1. The number of anilines is 1. The molecule has 0 aromatic heterocycles. The summed E-state index contributed by atoms with van der Waals surface area (Å²) in [5, 5.41) is 2.28. The van der Waals surface area contributed by atoms with Crippen LogP contribution in [0.2, 0.25) is 0 Å². The first-order chi connectivity index (χ1) is 13.8. The number of rotatable bonds is 5. The highest BCUT2D eigenvalue weighted by atomic mass is 79.9. The van der Waals surface area contributed by atoms with Crippen molar-refractivity contribution in [1.29, 1.82) is 0 Å². The maximum Gasteiger partial charge on any atom is 0.421 e. The van der Waals surface area contributed by atoms with Crippen LogP contribution in [0.25, 0.3) is 0 Å². The van der Waals surface area contributed by atoms with Gasteiger partial charge in [-0.15, -0.1) is 0 Å². The number of amides is 2. The largest absolute Gasteiger partial charge is 0.421 e. The molecule has 1 aromatic carbocycles. The normalized spacial score (nSPS) is 20.2. The molecule has 164 valence electrons. The first-order valence-corrected chi connectivity index (χ1v) is 9.77. The lowest BCUT2D eigenvalue weighted by Crippen LogP contribution is -2.34. The fourth-order valence-electron chi connectivity index (χ4n) is 3.29.